The third-order valence-electron chi connectivity index (χ3n) is 3.49. The Hall–Kier alpha value is -4.13. The number of nitro benzene ring substituents is 1. The number of nitriles is 1. The maximum atomic E-state index is 11.8. The van der Waals surface area contributed by atoms with Gasteiger partial charge in [0.2, 0.25) is 0 Å². The van der Waals surface area contributed by atoms with Gasteiger partial charge in [-0.05, 0) is 18.2 Å². The lowest BCUT2D eigenvalue weighted by Gasteiger charge is -2.08. The summed E-state index contributed by atoms with van der Waals surface area (Å²) in [5.74, 6) is 0.129. The van der Waals surface area contributed by atoms with Crippen LogP contribution in [0.4, 0.5) is 5.69 Å². The number of hydrazone groups is 1. The van der Waals surface area contributed by atoms with E-state index < -0.39 is 10.8 Å². The van der Waals surface area contributed by atoms with Crippen molar-refractivity contribution in [2.75, 3.05) is 20.8 Å². The molecule has 0 unspecified atom stereocenters. The molecule has 0 spiro atoms. The molecule has 0 saturated carbocycles. The predicted octanol–water partition coefficient (Wildman–Crippen LogP) is 2.01. The van der Waals surface area contributed by atoms with Gasteiger partial charge in [0.1, 0.15) is 11.8 Å². The van der Waals surface area contributed by atoms with Gasteiger partial charge >= 0.3 is 0 Å². The van der Waals surface area contributed by atoms with E-state index in [-0.39, 0.29) is 35.1 Å². The Bertz CT molecular complexity index is 952. The number of hydrogen-bond acceptors (Lipinski definition) is 8. The Balaban J connectivity index is 2.06. The van der Waals surface area contributed by atoms with Gasteiger partial charge < -0.3 is 14.2 Å². The second-order valence-electron chi connectivity index (χ2n) is 5.21. The molecule has 0 aliphatic rings. The average Bonchev–Trinajstić information content (AvgIpc) is 2.71. The maximum absolute atomic E-state index is 11.8. The molecule has 0 aliphatic carbocycles. The van der Waals surface area contributed by atoms with Gasteiger partial charge in [-0.15, -0.1) is 0 Å². The van der Waals surface area contributed by atoms with E-state index in [9.17, 15) is 14.9 Å². The molecule has 10 heteroatoms. The SMILES string of the molecule is COc1cc(/C=N\NC(=O)COc2ccccc2C#N)c([N+](=O)[O-])cc1OC. The van der Waals surface area contributed by atoms with Crippen LogP contribution in [0.15, 0.2) is 41.5 Å². The highest BCUT2D eigenvalue weighted by molar-refractivity contribution is 5.88. The molecule has 2 aromatic carbocycles. The number of methoxy groups -OCH3 is 2. The molecule has 0 atom stereocenters. The summed E-state index contributed by atoms with van der Waals surface area (Å²) >= 11 is 0. The van der Waals surface area contributed by atoms with Crippen LogP contribution in [0.25, 0.3) is 0 Å². The summed E-state index contributed by atoms with van der Waals surface area (Å²) in [5.41, 5.74) is 2.33. The number of rotatable bonds is 8. The van der Waals surface area contributed by atoms with Crippen molar-refractivity contribution in [1.82, 2.24) is 5.43 Å². The number of amides is 1. The van der Waals surface area contributed by atoms with Crippen LogP contribution in [-0.2, 0) is 4.79 Å². The van der Waals surface area contributed by atoms with E-state index in [1.54, 1.807) is 24.3 Å². The summed E-state index contributed by atoms with van der Waals surface area (Å²) in [6, 6.07) is 11.0. The zero-order valence-electron chi connectivity index (χ0n) is 15.0. The fourth-order valence-electron chi connectivity index (χ4n) is 2.18. The van der Waals surface area contributed by atoms with Gasteiger partial charge in [-0.1, -0.05) is 12.1 Å². The van der Waals surface area contributed by atoms with Gasteiger partial charge in [0.15, 0.2) is 18.1 Å². The number of nitrogens with zero attached hydrogens (tertiary/aromatic N) is 3. The minimum Gasteiger partial charge on any atom is -0.493 e. The van der Waals surface area contributed by atoms with Crippen molar-refractivity contribution in [3.8, 4) is 23.3 Å². The molecule has 0 bridgehead atoms. The number of carbonyl (C=O) groups is 1. The number of ether oxygens (including phenoxy) is 3. The lowest BCUT2D eigenvalue weighted by molar-refractivity contribution is -0.385. The van der Waals surface area contributed by atoms with E-state index in [2.05, 4.69) is 10.5 Å². The van der Waals surface area contributed by atoms with Crippen LogP contribution in [0.1, 0.15) is 11.1 Å². The third-order valence-corrected chi connectivity index (χ3v) is 3.49. The van der Waals surface area contributed by atoms with Crippen molar-refractivity contribution in [3.05, 3.63) is 57.6 Å². The standard InChI is InChI=1S/C18H16N4O6/c1-26-16-7-13(14(22(24)25)8-17(16)27-2)10-20-21-18(23)11-28-15-6-4-3-5-12(15)9-19/h3-8,10H,11H2,1-2H3,(H,21,23)/b20-10-. The molecule has 28 heavy (non-hydrogen) atoms. The van der Waals surface area contributed by atoms with E-state index in [1.165, 1.54) is 26.4 Å². The van der Waals surface area contributed by atoms with Crippen molar-refractivity contribution < 1.29 is 23.9 Å². The van der Waals surface area contributed by atoms with Crippen LogP contribution in [0.2, 0.25) is 0 Å². The van der Waals surface area contributed by atoms with Crippen LogP contribution in [-0.4, -0.2) is 37.9 Å². The highest BCUT2D eigenvalue weighted by Crippen LogP contribution is 2.33. The minimum atomic E-state index is -0.605. The Morgan fingerprint density at radius 1 is 1.25 bits per heavy atom. The summed E-state index contributed by atoms with van der Waals surface area (Å²) in [7, 11) is 2.75. The van der Waals surface area contributed by atoms with Crippen molar-refractivity contribution in [3.63, 3.8) is 0 Å². The van der Waals surface area contributed by atoms with E-state index in [4.69, 9.17) is 19.5 Å². The van der Waals surface area contributed by atoms with Gasteiger partial charge in [0, 0.05) is 0 Å². The molecule has 0 heterocycles. The molecule has 1 amide bonds. The van der Waals surface area contributed by atoms with Gasteiger partial charge in [0.25, 0.3) is 11.6 Å². The van der Waals surface area contributed by atoms with Crippen molar-refractivity contribution in [1.29, 1.82) is 5.26 Å². The lowest BCUT2D eigenvalue weighted by atomic mass is 10.1. The number of benzene rings is 2. The Morgan fingerprint density at radius 3 is 2.57 bits per heavy atom. The molecular formula is C18H16N4O6. The normalized spacial score (nSPS) is 10.2. The first-order valence-corrected chi connectivity index (χ1v) is 7.84. The van der Waals surface area contributed by atoms with Gasteiger partial charge in [-0.2, -0.15) is 10.4 Å². The second kappa shape index (κ2) is 9.54. The van der Waals surface area contributed by atoms with Crippen LogP contribution in [0.5, 0.6) is 17.2 Å². The monoisotopic (exact) mass is 384 g/mol. The van der Waals surface area contributed by atoms with Crippen molar-refractivity contribution in [2.45, 2.75) is 0 Å². The van der Waals surface area contributed by atoms with E-state index in [0.717, 1.165) is 6.21 Å². The highest BCUT2D eigenvalue weighted by atomic mass is 16.6. The lowest BCUT2D eigenvalue weighted by Crippen LogP contribution is -2.24. The maximum Gasteiger partial charge on any atom is 0.282 e. The number of nitrogens with one attached hydrogen (secondary N) is 1. The predicted molar refractivity (Wildman–Crippen MR) is 98.6 cm³/mol. The number of carbonyl (C=O) groups excluding carboxylic acids is 1. The molecule has 0 aliphatic heterocycles. The summed E-state index contributed by atoms with van der Waals surface area (Å²) in [6.07, 6.45) is 1.11. The smallest absolute Gasteiger partial charge is 0.282 e. The van der Waals surface area contributed by atoms with Crippen LogP contribution >= 0.6 is 0 Å². The summed E-state index contributed by atoms with van der Waals surface area (Å²) < 4.78 is 15.4. The van der Waals surface area contributed by atoms with E-state index >= 15 is 0 Å². The average molecular weight is 384 g/mol. The molecule has 2 aromatic rings. The molecule has 0 aromatic heterocycles. The molecule has 2 rings (SSSR count). The van der Waals surface area contributed by atoms with E-state index in [0.29, 0.717) is 5.56 Å². The summed E-state index contributed by atoms with van der Waals surface area (Å²) in [4.78, 5) is 22.5. The van der Waals surface area contributed by atoms with Crippen LogP contribution in [0, 0.1) is 21.4 Å². The van der Waals surface area contributed by atoms with E-state index in [1.807, 2.05) is 6.07 Å². The Kier molecular flexibility index (Phi) is 6.87. The molecule has 0 saturated heterocycles. The highest BCUT2D eigenvalue weighted by Gasteiger charge is 2.18. The number of nitro groups is 1. The fourth-order valence-corrected chi connectivity index (χ4v) is 2.18. The zero-order chi connectivity index (χ0) is 20.5. The third kappa shape index (κ3) is 4.95. The summed E-state index contributed by atoms with van der Waals surface area (Å²) in [6.45, 7) is -0.385. The molecule has 10 nitrogen and oxygen atoms in total. The van der Waals surface area contributed by atoms with Crippen molar-refractivity contribution in [2.24, 2.45) is 5.10 Å². The zero-order valence-corrected chi connectivity index (χ0v) is 15.0. The first-order chi connectivity index (χ1) is 13.5. The molecule has 0 radical (unpaired) electrons. The van der Waals surface area contributed by atoms with Crippen LogP contribution in [0.3, 0.4) is 0 Å². The van der Waals surface area contributed by atoms with Gasteiger partial charge in [0.05, 0.1) is 42.6 Å². The second-order valence-corrected chi connectivity index (χ2v) is 5.21. The van der Waals surface area contributed by atoms with Gasteiger partial charge in [-0.3, -0.25) is 14.9 Å². The first-order valence-electron chi connectivity index (χ1n) is 7.84. The Morgan fingerprint density at radius 2 is 1.93 bits per heavy atom. The minimum absolute atomic E-state index is 0.110. The number of hydrogen-bond donors (Lipinski definition) is 1. The largest absolute Gasteiger partial charge is 0.493 e. The first kappa shape index (κ1) is 20.2. The quantitative estimate of drug-likeness (QED) is 0.417. The number of para-hydroxylation sites is 1. The Labute approximate surface area is 160 Å². The molecule has 0 fully saturated rings. The molecule has 144 valence electrons. The molecular weight excluding hydrogens is 368 g/mol. The van der Waals surface area contributed by atoms with Crippen LogP contribution < -0.4 is 19.6 Å². The van der Waals surface area contributed by atoms with Crippen molar-refractivity contribution >= 4 is 17.8 Å². The fraction of sp³-hybridized carbons (Fsp3) is 0.167. The summed E-state index contributed by atoms with van der Waals surface area (Å²) in [5, 5.41) is 23.9. The van der Waals surface area contributed by atoms with Gasteiger partial charge in [-0.25, -0.2) is 5.43 Å². The topological polar surface area (TPSA) is 136 Å². The molecule has 1 N–H and O–H groups in total.